The summed E-state index contributed by atoms with van der Waals surface area (Å²) in [6, 6.07) is 0. The van der Waals surface area contributed by atoms with Crippen molar-refractivity contribution in [2.45, 2.75) is 65.1 Å². The minimum atomic E-state index is 0. The fraction of sp³-hybridized carbons (Fsp3) is 0.455. The van der Waals surface area contributed by atoms with E-state index in [0.29, 0.717) is 10.5 Å². The number of fused-ring (bicyclic) bond motifs is 2. The summed E-state index contributed by atoms with van der Waals surface area (Å²) in [5.41, 5.74) is 8.49. The van der Waals surface area contributed by atoms with Crippen molar-refractivity contribution in [2.24, 2.45) is 0 Å². The summed E-state index contributed by atoms with van der Waals surface area (Å²) in [5.74, 6) is 0. The molecule has 0 amide bonds. The van der Waals surface area contributed by atoms with E-state index in [0.717, 1.165) is 0 Å². The van der Waals surface area contributed by atoms with Crippen molar-refractivity contribution in [1.82, 2.24) is 0 Å². The SMILES string of the molecule is CC1=[C-]C2=C(C)C(C)SC2=C1.CC1=[C-]C2=C(C)C(C)SC2=C1.C[Si](C)=[Hf+2].[Cl-].[Cl-]. The first kappa shape index (κ1) is 28.8. The van der Waals surface area contributed by atoms with Crippen molar-refractivity contribution in [3.63, 3.8) is 0 Å². The van der Waals surface area contributed by atoms with Crippen molar-refractivity contribution in [1.29, 1.82) is 0 Å². The van der Waals surface area contributed by atoms with E-state index in [1.165, 1.54) is 66.2 Å². The molecular formula is C22H28Cl2HfS2Si-2. The van der Waals surface area contributed by atoms with E-state index in [-0.39, 0.29) is 30.3 Å². The van der Waals surface area contributed by atoms with Gasteiger partial charge in [-0.3, -0.25) is 0 Å². The minimum absolute atomic E-state index is 0. The van der Waals surface area contributed by atoms with Crippen LogP contribution in [0.4, 0.5) is 0 Å². The average molecular weight is 634 g/mol. The van der Waals surface area contributed by atoms with Crippen LogP contribution in [-0.4, -0.2) is 16.0 Å². The standard InChI is InChI=1S/2C10H11S.C2H6Si.2ClH.Hf/c2*1-6-4-9-7(2)8(3)11-10(9)5-6;1-3-2;;;/h2*5,8H,1-3H3;1-2H3;2*1H;/q2*-1;;;;+2/p-2. The third-order valence-corrected chi connectivity index (χ3v) is 7.01. The molecule has 4 rings (SSSR count). The number of thioether (sulfide) groups is 2. The molecule has 2 unspecified atom stereocenters. The Morgan fingerprint density at radius 2 is 1.07 bits per heavy atom. The predicted octanol–water partition coefficient (Wildman–Crippen LogP) is 0.963. The topological polar surface area (TPSA) is 0 Å². The molecule has 0 aromatic rings. The maximum atomic E-state index is 3.38. The molecule has 28 heavy (non-hydrogen) atoms. The van der Waals surface area contributed by atoms with E-state index in [1.54, 1.807) is 0 Å². The molecule has 4 aliphatic rings. The molecule has 152 valence electrons. The Morgan fingerprint density at radius 1 is 0.786 bits per heavy atom. The molecule has 0 aromatic heterocycles. The van der Waals surface area contributed by atoms with Gasteiger partial charge in [-0.05, 0) is 10.5 Å². The molecule has 0 fully saturated rings. The molecule has 0 nitrogen and oxygen atoms in total. The Balaban J connectivity index is 0.000000415. The molecular weight excluding hydrogens is 606 g/mol. The summed E-state index contributed by atoms with van der Waals surface area (Å²) in [7, 11) is 0. The van der Waals surface area contributed by atoms with Crippen LogP contribution in [0.1, 0.15) is 41.5 Å². The quantitative estimate of drug-likeness (QED) is 0.288. The smallest absolute Gasteiger partial charge is 1.00 e. The van der Waals surface area contributed by atoms with E-state index >= 15 is 0 Å². The number of allylic oxidation sites excluding steroid dienone is 8. The van der Waals surface area contributed by atoms with Gasteiger partial charge in [0.05, 0.1) is 0 Å². The van der Waals surface area contributed by atoms with Crippen LogP contribution in [0.3, 0.4) is 0 Å². The van der Waals surface area contributed by atoms with Gasteiger partial charge in [-0.2, -0.15) is 35.7 Å². The van der Waals surface area contributed by atoms with E-state index in [2.05, 4.69) is 78.9 Å². The van der Waals surface area contributed by atoms with Crippen LogP contribution >= 0.6 is 23.5 Å². The van der Waals surface area contributed by atoms with Gasteiger partial charge in [0.15, 0.2) is 0 Å². The van der Waals surface area contributed by atoms with Gasteiger partial charge in [0.25, 0.3) is 0 Å². The second-order valence-electron chi connectivity index (χ2n) is 7.27. The predicted molar refractivity (Wildman–Crippen MR) is 118 cm³/mol. The summed E-state index contributed by atoms with van der Waals surface area (Å²) in [5, 5.41) is 1.33. The maximum Gasteiger partial charge on any atom is -1.00 e. The first-order valence-corrected chi connectivity index (χ1v) is 18.7. The zero-order valence-corrected chi connectivity index (χ0v) is 25.6. The van der Waals surface area contributed by atoms with Crippen molar-refractivity contribution in [2.75, 3.05) is 0 Å². The largest absolute Gasteiger partial charge is 1.00 e. The first-order chi connectivity index (χ1) is 12.1. The molecule has 2 heterocycles. The number of rotatable bonds is 0. The summed E-state index contributed by atoms with van der Waals surface area (Å²) in [6.45, 7) is 17.8. The normalized spacial score (nSPS) is 23.6. The van der Waals surface area contributed by atoms with Crippen LogP contribution in [0, 0.1) is 12.2 Å². The van der Waals surface area contributed by atoms with Crippen molar-refractivity contribution in [3.8, 4) is 0 Å². The molecule has 0 saturated carbocycles. The van der Waals surface area contributed by atoms with E-state index < -0.39 is 0 Å². The number of hydrogen-bond donors (Lipinski definition) is 0. The molecule has 0 spiro atoms. The second kappa shape index (κ2) is 12.6. The molecule has 0 N–H and O–H groups in total. The fourth-order valence-corrected chi connectivity index (χ4v) is 5.36. The van der Waals surface area contributed by atoms with Crippen LogP contribution in [0.2, 0.25) is 13.1 Å². The Hall–Kier alpha value is 0.807. The minimum Gasteiger partial charge on any atom is -1.00 e. The maximum absolute atomic E-state index is 3.38. The van der Waals surface area contributed by atoms with E-state index in [1.807, 2.05) is 23.5 Å². The van der Waals surface area contributed by atoms with Gasteiger partial charge < -0.3 is 24.8 Å². The van der Waals surface area contributed by atoms with Crippen LogP contribution in [0.5, 0.6) is 0 Å². The van der Waals surface area contributed by atoms with Crippen LogP contribution in [-0.2, 0) is 23.0 Å². The summed E-state index contributed by atoms with van der Waals surface area (Å²) in [4.78, 5) is 2.85. The molecule has 0 aromatic carbocycles. The Morgan fingerprint density at radius 3 is 1.32 bits per heavy atom. The van der Waals surface area contributed by atoms with Crippen molar-refractivity contribution < 1.29 is 47.8 Å². The summed E-state index contributed by atoms with van der Waals surface area (Å²) < 4.78 is 0. The van der Waals surface area contributed by atoms with Gasteiger partial charge in [0.1, 0.15) is 0 Å². The Labute approximate surface area is 207 Å². The third kappa shape index (κ3) is 7.49. The molecule has 0 bridgehead atoms. The third-order valence-electron chi connectivity index (χ3n) is 4.45. The first-order valence-electron chi connectivity index (χ1n) is 9.02. The van der Waals surface area contributed by atoms with Crippen LogP contribution in [0.15, 0.2) is 55.4 Å². The molecule has 0 radical (unpaired) electrons. The van der Waals surface area contributed by atoms with Gasteiger partial charge in [-0.25, -0.2) is 0 Å². The Bertz CT molecular complexity index is 750. The fourth-order valence-electron chi connectivity index (χ4n) is 2.86. The molecule has 2 atom stereocenters. The Kier molecular flexibility index (Phi) is 13.0. The van der Waals surface area contributed by atoms with Gasteiger partial charge in [-0.1, -0.05) is 41.5 Å². The zero-order chi connectivity index (χ0) is 19.6. The molecule has 6 heteroatoms. The van der Waals surface area contributed by atoms with Crippen molar-refractivity contribution >= 4 is 29.0 Å². The molecule has 2 aliphatic carbocycles. The molecule has 2 aliphatic heterocycles. The summed E-state index contributed by atoms with van der Waals surface area (Å²) in [6.07, 6.45) is 11.2. The number of halogens is 2. The van der Waals surface area contributed by atoms with Crippen molar-refractivity contribution in [3.05, 3.63) is 67.6 Å². The zero-order valence-electron chi connectivity index (χ0n) is 17.9. The number of hydrogen-bond acceptors (Lipinski definition) is 2. The second-order valence-corrected chi connectivity index (χ2v) is 22.8. The van der Waals surface area contributed by atoms with Crippen LogP contribution in [0.25, 0.3) is 0 Å². The van der Waals surface area contributed by atoms with Crippen LogP contribution < -0.4 is 24.8 Å². The van der Waals surface area contributed by atoms with E-state index in [9.17, 15) is 0 Å². The summed E-state index contributed by atoms with van der Waals surface area (Å²) >= 11 is 5.35. The average Bonchev–Trinajstić information content (AvgIpc) is 3.19. The monoisotopic (exact) mass is 634 g/mol. The van der Waals surface area contributed by atoms with Gasteiger partial charge in [0, 0.05) is 0 Å². The van der Waals surface area contributed by atoms with Gasteiger partial charge in [0.2, 0.25) is 0 Å². The van der Waals surface area contributed by atoms with E-state index in [4.69, 9.17) is 0 Å². The molecule has 0 saturated heterocycles. The van der Waals surface area contributed by atoms with Gasteiger partial charge >= 0.3 is 41.6 Å². The van der Waals surface area contributed by atoms with Gasteiger partial charge in [-0.15, -0.1) is 55.4 Å².